The highest BCUT2D eigenvalue weighted by Crippen LogP contribution is 2.26. The second kappa shape index (κ2) is 7.01. The van der Waals surface area contributed by atoms with Crippen LogP contribution in [0.3, 0.4) is 0 Å². The summed E-state index contributed by atoms with van der Waals surface area (Å²) in [5.74, 6) is 0. The lowest BCUT2D eigenvalue weighted by Crippen LogP contribution is -2.45. The third-order valence-corrected chi connectivity index (χ3v) is 3.47. The molecule has 5 heteroatoms. The van der Waals surface area contributed by atoms with E-state index in [1.54, 1.807) is 11.9 Å². The van der Waals surface area contributed by atoms with Gasteiger partial charge in [-0.2, -0.15) is 5.26 Å². The van der Waals surface area contributed by atoms with E-state index in [0.29, 0.717) is 12.6 Å². The summed E-state index contributed by atoms with van der Waals surface area (Å²) in [6, 6.07) is 2.86. The number of hydrogen-bond acceptors (Lipinski definition) is 3. The average Bonchev–Trinajstić information content (AvgIpc) is 3.10. The Balaban J connectivity index is 2.31. The van der Waals surface area contributed by atoms with E-state index < -0.39 is 12.0 Å². The van der Waals surface area contributed by atoms with Crippen molar-refractivity contribution in [1.29, 1.82) is 5.26 Å². The Labute approximate surface area is 108 Å². The molecule has 0 aromatic carbocycles. The number of nitrogens with one attached hydrogen (secondary N) is 1. The predicted molar refractivity (Wildman–Crippen MR) is 67.5 cm³/mol. The van der Waals surface area contributed by atoms with Crippen LogP contribution in [0.1, 0.15) is 39.0 Å². The Morgan fingerprint density at radius 1 is 1.50 bits per heavy atom. The Hall–Kier alpha value is -0.730. The molecule has 18 heavy (non-hydrogen) atoms. The van der Waals surface area contributed by atoms with Gasteiger partial charge in [0.25, 0.3) is 6.43 Å². The monoisotopic (exact) mass is 259 g/mol. The molecule has 0 aromatic heterocycles. The molecule has 0 heterocycles. The first-order chi connectivity index (χ1) is 8.51. The highest BCUT2D eigenvalue weighted by molar-refractivity contribution is 5.09. The van der Waals surface area contributed by atoms with Crippen LogP contribution in [0.5, 0.6) is 0 Å². The summed E-state index contributed by atoms with van der Waals surface area (Å²) in [5.41, 5.74) is -0.465. The molecule has 0 saturated heterocycles. The molecule has 1 fully saturated rings. The number of halogens is 2. The van der Waals surface area contributed by atoms with E-state index in [0.717, 1.165) is 32.1 Å². The summed E-state index contributed by atoms with van der Waals surface area (Å²) in [6.45, 7) is 2.42. The molecule has 1 rings (SSSR count). The van der Waals surface area contributed by atoms with E-state index in [1.807, 2.05) is 6.92 Å². The Bertz CT molecular complexity index is 286. The molecule has 0 aromatic rings. The van der Waals surface area contributed by atoms with Gasteiger partial charge in [0, 0.05) is 6.04 Å². The van der Waals surface area contributed by atoms with Gasteiger partial charge in [0.15, 0.2) is 0 Å². The van der Waals surface area contributed by atoms with Crippen LogP contribution in [0.4, 0.5) is 8.78 Å². The van der Waals surface area contributed by atoms with Crippen LogP contribution in [0.15, 0.2) is 0 Å². The molecule has 0 spiro atoms. The molecule has 1 aliphatic carbocycles. The van der Waals surface area contributed by atoms with E-state index >= 15 is 0 Å². The highest BCUT2D eigenvalue weighted by Gasteiger charge is 2.34. The summed E-state index contributed by atoms with van der Waals surface area (Å²) in [7, 11) is 1.69. The Morgan fingerprint density at radius 3 is 2.61 bits per heavy atom. The van der Waals surface area contributed by atoms with Crippen LogP contribution >= 0.6 is 0 Å². The molecular weight excluding hydrogens is 236 g/mol. The molecule has 0 amide bonds. The van der Waals surface area contributed by atoms with Crippen LogP contribution in [0.25, 0.3) is 0 Å². The SMILES string of the molecule is CCC(C#N)(CCCN(C)CC(F)F)NC1CC1. The van der Waals surface area contributed by atoms with Crippen molar-refractivity contribution < 1.29 is 8.78 Å². The van der Waals surface area contributed by atoms with E-state index in [-0.39, 0.29) is 6.54 Å². The topological polar surface area (TPSA) is 39.1 Å². The minimum Gasteiger partial charge on any atom is -0.301 e. The van der Waals surface area contributed by atoms with Crippen molar-refractivity contribution in [2.75, 3.05) is 20.1 Å². The summed E-state index contributed by atoms with van der Waals surface area (Å²) >= 11 is 0. The zero-order valence-electron chi connectivity index (χ0n) is 11.3. The third-order valence-electron chi connectivity index (χ3n) is 3.47. The second-order valence-electron chi connectivity index (χ2n) is 5.22. The standard InChI is InChI=1S/C13H23F2N3/c1-3-13(10-16,17-11-5-6-11)7-4-8-18(2)9-12(14)15/h11-12,17H,3-9H2,1-2H3. The van der Waals surface area contributed by atoms with Crippen molar-refractivity contribution in [3.05, 3.63) is 0 Å². The molecule has 1 unspecified atom stereocenters. The molecule has 1 atom stereocenters. The molecule has 104 valence electrons. The molecule has 1 aliphatic rings. The third kappa shape index (κ3) is 5.28. The van der Waals surface area contributed by atoms with Gasteiger partial charge in [-0.15, -0.1) is 0 Å². The maximum absolute atomic E-state index is 12.2. The van der Waals surface area contributed by atoms with Crippen LogP contribution in [0, 0.1) is 11.3 Å². The molecule has 1 saturated carbocycles. The first kappa shape index (κ1) is 15.3. The van der Waals surface area contributed by atoms with Gasteiger partial charge < -0.3 is 4.90 Å². The lowest BCUT2D eigenvalue weighted by Gasteiger charge is -2.27. The number of hydrogen-bond donors (Lipinski definition) is 1. The van der Waals surface area contributed by atoms with Crippen molar-refractivity contribution in [2.24, 2.45) is 0 Å². The van der Waals surface area contributed by atoms with Gasteiger partial charge in [-0.25, -0.2) is 8.78 Å². The van der Waals surface area contributed by atoms with Gasteiger partial charge in [-0.1, -0.05) is 6.92 Å². The van der Waals surface area contributed by atoms with Crippen molar-refractivity contribution in [1.82, 2.24) is 10.2 Å². The van der Waals surface area contributed by atoms with E-state index in [1.165, 1.54) is 0 Å². The second-order valence-corrected chi connectivity index (χ2v) is 5.22. The fourth-order valence-electron chi connectivity index (χ4n) is 2.11. The van der Waals surface area contributed by atoms with Gasteiger partial charge in [-0.3, -0.25) is 5.32 Å². The minimum absolute atomic E-state index is 0.193. The average molecular weight is 259 g/mol. The van der Waals surface area contributed by atoms with Crippen LogP contribution in [-0.2, 0) is 0 Å². The Kier molecular flexibility index (Phi) is 5.97. The summed E-state index contributed by atoms with van der Waals surface area (Å²) in [6.07, 6.45) is 2.27. The quantitative estimate of drug-likeness (QED) is 0.691. The summed E-state index contributed by atoms with van der Waals surface area (Å²) < 4.78 is 24.3. The van der Waals surface area contributed by atoms with Crippen molar-refractivity contribution in [3.63, 3.8) is 0 Å². The van der Waals surface area contributed by atoms with Gasteiger partial charge in [0.2, 0.25) is 0 Å². The highest BCUT2D eigenvalue weighted by atomic mass is 19.3. The maximum atomic E-state index is 12.2. The number of alkyl halides is 2. The molecular formula is C13H23F2N3. The molecule has 0 aliphatic heterocycles. The summed E-state index contributed by atoms with van der Waals surface area (Å²) in [4.78, 5) is 1.62. The Morgan fingerprint density at radius 2 is 2.17 bits per heavy atom. The van der Waals surface area contributed by atoms with Crippen molar-refractivity contribution in [3.8, 4) is 6.07 Å². The van der Waals surface area contributed by atoms with Gasteiger partial charge in [-0.05, 0) is 45.7 Å². The van der Waals surface area contributed by atoms with E-state index in [2.05, 4.69) is 11.4 Å². The largest absolute Gasteiger partial charge is 0.301 e. The first-order valence-electron chi connectivity index (χ1n) is 6.67. The van der Waals surface area contributed by atoms with E-state index in [9.17, 15) is 14.0 Å². The maximum Gasteiger partial charge on any atom is 0.251 e. The summed E-state index contributed by atoms with van der Waals surface area (Å²) in [5, 5.41) is 12.7. The lowest BCUT2D eigenvalue weighted by molar-refractivity contribution is 0.0987. The first-order valence-corrected chi connectivity index (χ1v) is 6.67. The van der Waals surface area contributed by atoms with Gasteiger partial charge in [0.1, 0.15) is 5.54 Å². The number of nitriles is 1. The molecule has 0 radical (unpaired) electrons. The molecule has 3 nitrogen and oxygen atoms in total. The van der Waals surface area contributed by atoms with Crippen molar-refractivity contribution >= 4 is 0 Å². The lowest BCUT2D eigenvalue weighted by atomic mass is 9.91. The fraction of sp³-hybridized carbons (Fsp3) is 0.923. The van der Waals surface area contributed by atoms with Crippen LogP contribution < -0.4 is 5.32 Å². The fourth-order valence-corrected chi connectivity index (χ4v) is 2.11. The normalized spacial score (nSPS) is 18.9. The van der Waals surface area contributed by atoms with Gasteiger partial charge >= 0.3 is 0 Å². The minimum atomic E-state index is -2.29. The van der Waals surface area contributed by atoms with E-state index in [4.69, 9.17) is 0 Å². The zero-order chi connectivity index (χ0) is 13.6. The predicted octanol–water partition coefficient (Wildman–Crippen LogP) is 2.39. The molecule has 0 bridgehead atoms. The number of rotatable bonds is 9. The van der Waals surface area contributed by atoms with Crippen molar-refractivity contribution in [2.45, 2.75) is 57.0 Å². The number of nitrogens with zero attached hydrogens (tertiary/aromatic N) is 2. The van der Waals surface area contributed by atoms with Crippen LogP contribution in [0.2, 0.25) is 0 Å². The molecule has 1 N–H and O–H groups in total. The smallest absolute Gasteiger partial charge is 0.251 e. The van der Waals surface area contributed by atoms with Crippen LogP contribution in [-0.4, -0.2) is 43.0 Å². The van der Waals surface area contributed by atoms with Gasteiger partial charge in [0.05, 0.1) is 12.6 Å². The zero-order valence-corrected chi connectivity index (χ0v) is 11.3.